The predicted octanol–water partition coefficient (Wildman–Crippen LogP) is 5.47. The first kappa shape index (κ1) is 20.2. The number of nitrogens with one attached hydrogen (secondary N) is 2. The smallest absolute Gasteiger partial charge is 0.220 e. The molecule has 1 aliphatic heterocycles. The van der Waals surface area contributed by atoms with Crippen LogP contribution in [-0.2, 0) is 4.79 Å². The number of benzene rings is 3. The topological polar surface area (TPSA) is 93.2 Å². The van der Waals surface area contributed by atoms with E-state index in [1.165, 1.54) is 0 Å². The highest BCUT2D eigenvalue weighted by molar-refractivity contribution is 6.36. The highest BCUT2D eigenvalue weighted by Gasteiger charge is 2.22. The molecule has 7 heteroatoms. The minimum atomic E-state index is -0.127. The fourth-order valence-corrected chi connectivity index (χ4v) is 4.17. The van der Waals surface area contributed by atoms with Crippen LogP contribution in [0.2, 0.25) is 5.02 Å². The van der Waals surface area contributed by atoms with Gasteiger partial charge in [-0.2, -0.15) is 0 Å². The third kappa shape index (κ3) is 3.92. The van der Waals surface area contributed by atoms with Gasteiger partial charge in [-0.1, -0.05) is 65.3 Å². The van der Waals surface area contributed by atoms with Crippen LogP contribution in [-0.4, -0.2) is 17.1 Å². The van der Waals surface area contributed by atoms with Gasteiger partial charge in [0.2, 0.25) is 5.91 Å². The zero-order valence-electron chi connectivity index (χ0n) is 17.1. The SMILES string of the molecule is NC(=Cc1ccc2onc(Nc3cccc(-c4ccccc4)c3Cl)c2c1)C1CCC(=O)N1. The van der Waals surface area contributed by atoms with Crippen molar-refractivity contribution in [2.75, 3.05) is 5.32 Å². The number of fused-ring (bicyclic) bond motifs is 1. The second kappa shape index (κ2) is 8.40. The van der Waals surface area contributed by atoms with E-state index in [0.29, 0.717) is 35.0 Å². The third-order valence-electron chi connectivity index (χ3n) is 5.56. The Kier molecular flexibility index (Phi) is 5.29. The molecule has 1 amide bonds. The van der Waals surface area contributed by atoms with E-state index in [1.54, 1.807) is 0 Å². The Bertz CT molecular complexity index is 1330. The van der Waals surface area contributed by atoms with Crippen molar-refractivity contribution in [1.29, 1.82) is 0 Å². The summed E-state index contributed by atoms with van der Waals surface area (Å²) in [4.78, 5) is 11.5. The van der Waals surface area contributed by atoms with Gasteiger partial charge in [0.25, 0.3) is 0 Å². The lowest BCUT2D eigenvalue weighted by atomic mass is 10.0. The minimum absolute atomic E-state index is 0.0296. The number of hydrogen-bond donors (Lipinski definition) is 3. The first-order valence-electron chi connectivity index (χ1n) is 10.4. The van der Waals surface area contributed by atoms with Gasteiger partial charge in [0, 0.05) is 17.7 Å². The molecule has 0 radical (unpaired) electrons. The van der Waals surface area contributed by atoms with Gasteiger partial charge in [-0.25, -0.2) is 0 Å². The van der Waals surface area contributed by atoms with Gasteiger partial charge in [-0.05, 0) is 41.8 Å². The summed E-state index contributed by atoms with van der Waals surface area (Å²) >= 11 is 6.71. The zero-order chi connectivity index (χ0) is 22.1. The number of nitrogens with zero attached hydrogens (tertiary/aromatic N) is 1. The Balaban J connectivity index is 1.46. The molecule has 1 aromatic heterocycles. The molecular weight excluding hydrogens is 424 g/mol. The van der Waals surface area contributed by atoms with E-state index in [0.717, 1.165) is 27.8 Å². The number of carbonyl (C=O) groups is 1. The van der Waals surface area contributed by atoms with E-state index < -0.39 is 0 Å². The average molecular weight is 445 g/mol. The van der Waals surface area contributed by atoms with Crippen molar-refractivity contribution in [3.63, 3.8) is 0 Å². The molecule has 6 nitrogen and oxygen atoms in total. The second-order valence-electron chi connectivity index (χ2n) is 7.75. The van der Waals surface area contributed by atoms with Gasteiger partial charge >= 0.3 is 0 Å². The van der Waals surface area contributed by atoms with E-state index >= 15 is 0 Å². The third-order valence-corrected chi connectivity index (χ3v) is 5.97. The van der Waals surface area contributed by atoms with E-state index in [1.807, 2.05) is 72.8 Å². The minimum Gasteiger partial charge on any atom is -0.400 e. The van der Waals surface area contributed by atoms with Gasteiger partial charge < -0.3 is 20.9 Å². The second-order valence-corrected chi connectivity index (χ2v) is 8.13. The highest BCUT2D eigenvalue weighted by atomic mass is 35.5. The summed E-state index contributed by atoms with van der Waals surface area (Å²) in [5.74, 6) is 0.594. The van der Waals surface area contributed by atoms with Crippen LogP contribution >= 0.6 is 11.6 Å². The van der Waals surface area contributed by atoms with E-state index in [4.69, 9.17) is 21.9 Å². The van der Waals surface area contributed by atoms with Crippen molar-refractivity contribution in [3.05, 3.63) is 83.0 Å². The molecule has 1 aliphatic rings. The highest BCUT2D eigenvalue weighted by Crippen LogP contribution is 2.36. The van der Waals surface area contributed by atoms with Gasteiger partial charge in [0.05, 0.1) is 22.1 Å². The van der Waals surface area contributed by atoms with Crippen molar-refractivity contribution in [2.24, 2.45) is 5.73 Å². The Hall–Kier alpha value is -3.77. The summed E-state index contributed by atoms with van der Waals surface area (Å²) in [5.41, 5.74) is 11.1. The van der Waals surface area contributed by atoms with E-state index in [9.17, 15) is 4.79 Å². The summed E-state index contributed by atoms with van der Waals surface area (Å²) < 4.78 is 5.49. The lowest BCUT2D eigenvalue weighted by Crippen LogP contribution is -2.30. The van der Waals surface area contributed by atoms with Crippen LogP contribution < -0.4 is 16.4 Å². The normalized spacial score (nSPS) is 16.3. The number of nitrogens with two attached hydrogens (primary N) is 1. The van der Waals surface area contributed by atoms with E-state index in [2.05, 4.69) is 15.8 Å². The Labute approximate surface area is 190 Å². The Morgan fingerprint density at radius 2 is 2.00 bits per heavy atom. The van der Waals surface area contributed by atoms with Crippen LogP contribution in [0, 0.1) is 0 Å². The fourth-order valence-electron chi connectivity index (χ4n) is 3.89. The van der Waals surface area contributed by atoms with E-state index in [-0.39, 0.29) is 11.9 Å². The molecule has 0 aliphatic carbocycles. The van der Waals surface area contributed by atoms with Crippen LogP contribution in [0.1, 0.15) is 18.4 Å². The van der Waals surface area contributed by atoms with Crippen LogP contribution in [0.15, 0.2) is 77.0 Å². The van der Waals surface area contributed by atoms with Gasteiger partial charge in [-0.15, -0.1) is 0 Å². The van der Waals surface area contributed by atoms with Crippen molar-refractivity contribution < 1.29 is 9.32 Å². The zero-order valence-corrected chi connectivity index (χ0v) is 17.9. The van der Waals surface area contributed by atoms with Crippen LogP contribution in [0.25, 0.3) is 28.2 Å². The molecule has 1 saturated heterocycles. The number of amides is 1. The maximum absolute atomic E-state index is 11.5. The number of carbonyl (C=O) groups excluding carboxylic acids is 1. The number of hydrogen-bond acceptors (Lipinski definition) is 5. The molecule has 0 saturated carbocycles. The Morgan fingerprint density at radius 3 is 2.78 bits per heavy atom. The molecule has 4 aromatic rings. The van der Waals surface area contributed by atoms with Gasteiger partial charge in [0.15, 0.2) is 11.4 Å². The molecule has 4 N–H and O–H groups in total. The summed E-state index contributed by atoms with van der Waals surface area (Å²) in [6.07, 6.45) is 3.08. The first-order chi connectivity index (χ1) is 15.6. The molecule has 5 rings (SSSR count). The summed E-state index contributed by atoms with van der Waals surface area (Å²) in [5, 5.41) is 11.8. The summed E-state index contributed by atoms with van der Waals surface area (Å²) in [6, 6.07) is 21.4. The van der Waals surface area contributed by atoms with Crippen molar-refractivity contribution in [1.82, 2.24) is 10.5 Å². The molecule has 2 heterocycles. The van der Waals surface area contributed by atoms with Crippen molar-refractivity contribution >= 4 is 46.1 Å². The number of aromatic nitrogens is 1. The summed E-state index contributed by atoms with van der Waals surface area (Å²) in [6.45, 7) is 0. The van der Waals surface area contributed by atoms with Gasteiger partial charge in [-0.3, -0.25) is 4.79 Å². The average Bonchev–Trinajstić information content (AvgIpc) is 3.42. The quantitative estimate of drug-likeness (QED) is 0.379. The molecule has 0 bridgehead atoms. The number of anilines is 2. The van der Waals surface area contributed by atoms with Crippen LogP contribution in [0.5, 0.6) is 0 Å². The molecule has 32 heavy (non-hydrogen) atoms. The Morgan fingerprint density at radius 1 is 1.16 bits per heavy atom. The fraction of sp³-hybridized carbons (Fsp3) is 0.120. The predicted molar refractivity (Wildman–Crippen MR) is 128 cm³/mol. The lowest BCUT2D eigenvalue weighted by molar-refractivity contribution is -0.119. The molecular formula is C25H21ClN4O2. The molecule has 1 fully saturated rings. The van der Waals surface area contributed by atoms with Crippen LogP contribution in [0.4, 0.5) is 11.5 Å². The van der Waals surface area contributed by atoms with Crippen LogP contribution in [0.3, 0.4) is 0 Å². The maximum Gasteiger partial charge on any atom is 0.220 e. The molecule has 160 valence electrons. The van der Waals surface area contributed by atoms with Gasteiger partial charge in [0.1, 0.15) is 0 Å². The number of halogens is 1. The summed E-state index contributed by atoms with van der Waals surface area (Å²) in [7, 11) is 0. The molecule has 3 aromatic carbocycles. The van der Waals surface area contributed by atoms with Crippen molar-refractivity contribution in [2.45, 2.75) is 18.9 Å². The van der Waals surface area contributed by atoms with Crippen molar-refractivity contribution in [3.8, 4) is 11.1 Å². The largest absolute Gasteiger partial charge is 0.400 e. The standard InChI is InChI=1S/C25H21ClN4O2/c26-24-17(16-5-2-1-3-6-16)7-4-8-21(24)29-25-18-13-15(9-11-22(18)32-30-25)14-19(27)20-10-12-23(31)28-20/h1-9,11,13-14,20H,10,12,27H2,(H,28,31)(H,29,30). The maximum atomic E-state index is 11.5. The molecule has 1 atom stereocenters. The first-order valence-corrected chi connectivity index (χ1v) is 10.7. The monoisotopic (exact) mass is 444 g/mol. The lowest BCUT2D eigenvalue weighted by Gasteiger charge is -2.11. The molecule has 0 spiro atoms. The molecule has 1 unspecified atom stereocenters. The number of rotatable bonds is 5.